The van der Waals surface area contributed by atoms with E-state index >= 15 is 0 Å². The van der Waals surface area contributed by atoms with E-state index in [2.05, 4.69) is 23.2 Å². The standard InChI is InChI=1S/C16H21N3O/c1-13-5-2-3-9-19(13)10-8-16(20)18-15-7-4-6-14(11-15)12-17/h4,6-7,11,13H,2-3,5,8-10H2,1H3,(H,18,20). The molecule has 1 fully saturated rings. The van der Waals surface area contributed by atoms with Gasteiger partial charge in [-0.3, -0.25) is 4.79 Å². The molecule has 0 aliphatic carbocycles. The minimum absolute atomic E-state index is 0.0119. The van der Waals surface area contributed by atoms with Crippen molar-refractivity contribution in [1.82, 2.24) is 4.90 Å². The lowest BCUT2D eigenvalue weighted by Crippen LogP contribution is -2.39. The summed E-state index contributed by atoms with van der Waals surface area (Å²) in [7, 11) is 0. The first-order valence-corrected chi connectivity index (χ1v) is 7.23. The maximum atomic E-state index is 11.9. The number of piperidine rings is 1. The first kappa shape index (κ1) is 14.5. The number of hydrogen-bond donors (Lipinski definition) is 1. The molecule has 20 heavy (non-hydrogen) atoms. The number of carbonyl (C=O) groups is 1. The molecule has 0 saturated carbocycles. The molecule has 2 rings (SSSR count). The van der Waals surface area contributed by atoms with Gasteiger partial charge < -0.3 is 10.2 Å². The summed E-state index contributed by atoms with van der Waals surface area (Å²) in [5.74, 6) is 0.0119. The summed E-state index contributed by atoms with van der Waals surface area (Å²) in [6.45, 7) is 4.14. The molecule has 1 unspecified atom stereocenters. The molecule has 1 atom stereocenters. The fourth-order valence-electron chi connectivity index (χ4n) is 2.62. The molecule has 1 aromatic carbocycles. The summed E-state index contributed by atoms with van der Waals surface area (Å²) in [6, 6.07) is 9.66. The fourth-order valence-corrected chi connectivity index (χ4v) is 2.62. The highest BCUT2D eigenvalue weighted by Crippen LogP contribution is 2.16. The molecule has 4 heteroatoms. The van der Waals surface area contributed by atoms with E-state index in [-0.39, 0.29) is 5.91 Å². The number of anilines is 1. The Hall–Kier alpha value is -1.86. The Morgan fingerprint density at radius 2 is 2.35 bits per heavy atom. The summed E-state index contributed by atoms with van der Waals surface area (Å²) < 4.78 is 0. The summed E-state index contributed by atoms with van der Waals surface area (Å²) in [6.07, 6.45) is 4.26. The number of nitriles is 1. The zero-order valence-electron chi connectivity index (χ0n) is 11.9. The van der Waals surface area contributed by atoms with Gasteiger partial charge in [0.1, 0.15) is 0 Å². The molecule has 0 aromatic heterocycles. The molecule has 1 aliphatic heterocycles. The zero-order chi connectivity index (χ0) is 14.4. The number of likely N-dealkylation sites (tertiary alicyclic amines) is 1. The molecular formula is C16H21N3O. The van der Waals surface area contributed by atoms with E-state index < -0.39 is 0 Å². The van der Waals surface area contributed by atoms with Crippen molar-refractivity contribution >= 4 is 11.6 Å². The van der Waals surface area contributed by atoms with Crippen LogP contribution in [-0.4, -0.2) is 29.9 Å². The molecule has 0 bridgehead atoms. The Labute approximate surface area is 120 Å². The van der Waals surface area contributed by atoms with Gasteiger partial charge in [0.05, 0.1) is 11.6 Å². The lowest BCUT2D eigenvalue weighted by Gasteiger charge is -2.33. The molecule has 1 heterocycles. The highest BCUT2D eigenvalue weighted by Gasteiger charge is 2.18. The Morgan fingerprint density at radius 1 is 1.50 bits per heavy atom. The summed E-state index contributed by atoms with van der Waals surface area (Å²) >= 11 is 0. The summed E-state index contributed by atoms with van der Waals surface area (Å²) in [5, 5.41) is 11.7. The molecule has 0 spiro atoms. The first-order valence-electron chi connectivity index (χ1n) is 7.23. The van der Waals surface area contributed by atoms with E-state index in [1.165, 1.54) is 19.3 Å². The van der Waals surface area contributed by atoms with Crippen molar-refractivity contribution in [3.8, 4) is 6.07 Å². The van der Waals surface area contributed by atoms with E-state index in [4.69, 9.17) is 5.26 Å². The van der Waals surface area contributed by atoms with Gasteiger partial charge in [0.2, 0.25) is 5.91 Å². The Morgan fingerprint density at radius 3 is 3.10 bits per heavy atom. The normalized spacial score (nSPS) is 19.3. The van der Waals surface area contributed by atoms with Crippen molar-refractivity contribution in [2.45, 2.75) is 38.6 Å². The van der Waals surface area contributed by atoms with Crippen LogP contribution in [0.25, 0.3) is 0 Å². The van der Waals surface area contributed by atoms with Gasteiger partial charge in [-0.25, -0.2) is 0 Å². The van der Waals surface area contributed by atoms with Gasteiger partial charge in [-0.15, -0.1) is 0 Å². The Balaban J connectivity index is 1.81. The van der Waals surface area contributed by atoms with Crippen molar-refractivity contribution in [3.63, 3.8) is 0 Å². The van der Waals surface area contributed by atoms with E-state index in [1.807, 2.05) is 6.07 Å². The zero-order valence-corrected chi connectivity index (χ0v) is 11.9. The fraction of sp³-hybridized carbons (Fsp3) is 0.500. The van der Waals surface area contributed by atoms with Crippen LogP contribution in [0.15, 0.2) is 24.3 Å². The first-order chi connectivity index (χ1) is 9.69. The third kappa shape index (κ3) is 4.07. The highest BCUT2D eigenvalue weighted by molar-refractivity contribution is 5.90. The number of hydrogen-bond acceptors (Lipinski definition) is 3. The SMILES string of the molecule is CC1CCCCN1CCC(=O)Nc1cccc(C#N)c1. The summed E-state index contributed by atoms with van der Waals surface area (Å²) in [4.78, 5) is 14.3. The van der Waals surface area contributed by atoms with Gasteiger partial charge >= 0.3 is 0 Å². The smallest absolute Gasteiger partial charge is 0.225 e. The second-order valence-corrected chi connectivity index (χ2v) is 5.37. The Kier molecular flexibility index (Phi) is 5.14. The van der Waals surface area contributed by atoms with Crippen LogP contribution >= 0.6 is 0 Å². The topological polar surface area (TPSA) is 56.1 Å². The lowest BCUT2D eigenvalue weighted by atomic mass is 10.0. The molecule has 4 nitrogen and oxygen atoms in total. The maximum Gasteiger partial charge on any atom is 0.225 e. The van der Waals surface area contributed by atoms with E-state index in [1.54, 1.807) is 18.2 Å². The lowest BCUT2D eigenvalue weighted by molar-refractivity contribution is -0.116. The number of benzene rings is 1. The molecule has 1 saturated heterocycles. The second-order valence-electron chi connectivity index (χ2n) is 5.37. The van der Waals surface area contributed by atoms with Gasteiger partial charge in [-0.05, 0) is 44.5 Å². The number of nitrogens with zero attached hydrogens (tertiary/aromatic N) is 2. The number of nitrogens with one attached hydrogen (secondary N) is 1. The highest BCUT2D eigenvalue weighted by atomic mass is 16.1. The van der Waals surface area contributed by atoms with Crippen molar-refractivity contribution in [2.75, 3.05) is 18.4 Å². The number of amides is 1. The van der Waals surface area contributed by atoms with Gasteiger partial charge in [-0.1, -0.05) is 12.5 Å². The van der Waals surface area contributed by atoms with Crippen LogP contribution in [0.2, 0.25) is 0 Å². The van der Waals surface area contributed by atoms with Crippen molar-refractivity contribution in [1.29, 1.82) is 5.26 Å². The molecule has 1 N–H and O–H groups in total. The number of carbonyl (C=O) groups excluding carboxylic acids is 1. The Bertz CT molecular complexity index is 507. The molecule has 106 valence electrons. The third-order valence-electron chi connectivity index (χ3n) is 3.84. The average molecular weight is 271 g/mol. The van der Waals surface area contributed by atoms with E-state index in [0.29, 0.717) is 23.7 Å². The van der Waals surface area contributed by atoms with Crippen LogP contribution in [0.4, 0.5) is 5.69 Å². The molecule has 1 aromatic rings. The van der Waals surface area contributed by atoms with Crippen LogP contribution in [0.5, 0.6) is 0 Å². The predicted octanol–water partition coefficient (Wildman–Crippen LogP) is 2.76. The van der Waals surface area contributed by atoms with Crippen molar-refractivity contribution in [2.24, 2.45) is 0 Å². The van der Waals surface area contributed by atoms with Crippen molar-refractivity contribution < 1.29 is 4.79 Å². The largest absolute Gasteiger partial charge is 0.326 e. The predicted molar refractivity (Wildman–Crippen MR) is 79.3 cm³/mol. The molecule has 0 radical (unpaired) electrons. The molecule has 1 aliphatic rings. The maximum absolute atomic E-state index is 11.9. The minimum Gasteiger partial charge on any atom is -0.326 e. The van der Waals surface area contributed by atoms with Crippen molar-refractivity contribution in [3.05, 3.63) is 29.8 Å². The van der Waals surface area contributed by atoms with Crippen LogP contribution < -0.4 is 5.32 Å². The minimum atomic E-state index is 0.0119. The van der Waals surface area contributed by atoms with Gasteiger partial charge in [-0.2, -0.15) is 5.26 Å². The van der Waals surface area contributed by atoms with Crippen LogP contribution in [0.1, 0.15) is 38.2 Å². The van der Waals surface area contributed by atoms with E-state index in [9.17, 15) is 4.79 Å². The average Bonchev–Trinajstić information content (AvgIpc) is 2.46. The number of rotatable bonds is 4. The van der Waals surface area contributed by atoms with Crippen LogP contribution in [-0.2, 0) is 4.79 Å². The van der Waals surface area contributed by atoms with Crippen LogP contribution in [0.3, 0.4) is 0 Å². The summed E-state index contributed by atoms with van der Waals surface area (Å²) in [5.41, 5.74) is 1.26. The quantitative estimate of drug-likeness (QED) is 0.916. The van der Waals surface area contributed by atoms with Gasteiger partial charge in [0, 0.05) is 24.7 Å². The molecular weight excluding hydrogens is 250 g/mol. The second kappa shape index (κ2) is 7.06. The van der Waals surface area contributed by atoms with Crippen LogP contribution in [0, 0.1) is 11.3 Å². The monoisotopic (exact) mass is 271 g/mol. The van der Waals surface area contributed by atoms with E-state index in [0.717, 1.165) is 13.1 Å². The van der Waals surface area contributed by atoms with Gasteiger partial charge in [0.15, 0.2) is 0 Å². The third-order valence-corrected chi connectivity index (χ3v) is 3.84. The molecule has 1 amide bonds. The van der Waals surface area contributed by atoms with Gasteiger partial charge in [0.25, 0.3) is 0 Å².